The molecule has 2 aromatic carbocycles. The van der Waals surface area contributed by atoms with Gasteiger partial charge in [-0.1, -0.05) is 42.5 Å². The highest BCUT2D eigenvalue weighted by Crippen LogP contribution is 2.48. The van der Waals surface area contributed by atoms with Crippen molar-refractivity contribution in [3.8, 4) is 0 Å². The molecule has 2 saturated heterocycles. The van der Waals surface area contributed by atoms with Crippen molar-refractivity contribution in [1.29, 1.82) is 0 Å². The summed E-state index contributed by atoms with van der Waals surface area (Å²) in [6, 6.07) is 15.1. The zero-order chi connectivity index (χ0) is 26.5. The van der Waals surface area contributed by atoms with E-state index in [2.05, 4.69) is 67.6 Å². The number of likely N-dealkylation sites (N-methyl/N-ethyl adjacent to an activating group) is 1. The maximum atomic E-state index is 12.4. The molecule has 1 unspecified atom stereocenters. The molecule has 2 aliphatic heterocycles. The summed E-state index contributed by atoms with van der Waals surface area (Å²) in [5.74, 6) is 0.843. The number of nitrogens with zero attached hydrogens (tertiary/aromatic N) is 2. The summed E-state index contributed by atoms with van der Waals surface area (Å²) in [7, 11) is 1.48. The Kier molecular flexibility index (Phi) is 9.70. The van der Waals surface area contributed by atoms with Gasteiger partial charge < -0.3 is 25.1 Å². The van der Waals surface area contributed by atoms with E-state index in [1.54, 1.807) is 0 Å². The number of aliphatic hydroxyl groups is 3. The number of carbonyl (C=O) groups excluding carboxylic acids is 1. The van der Waals surface area contributed by atoms with Crippen molar-refractivity contribution < 1.29 is 20.1 Å². The third kappa shape index (κ3) is 7.15. The van der Waals surface area contributed by atoms with Crippen LogP contribution >= 0.6 is 10.9 Å². The summed E-state index contributed by atoms with van der Waals surface area (Å²) in [6.45, 7) is 5.76. The summed E-state index contributed by atoms with van der Waals surface area (Å²) in [5, 5.41) is 30.8. The van der Waals surface area contributed by atoms with Gasteiger partial charge >= 0.3 is 0 Å². The quantitative estimate of drug-likeness (QED) is 0.313. The summed E-state index contributed by atoms with van der Waals surface area (Å²) in [5.41, 5.74) is 6.03. The monoisotopic (exact) mass is 528 g/mol. The Morgan fingerprint density at radius 1 is 0.946 bits per heavy atom. The number of amides is 1. The minimum absolute atomic E-state index is 0.127. The van der Waals surface area contributed by atoms with Crippen molar-refractivity contribution in [2.45, 2.75) is 62.6 Å². The van der Waals surface area contributed by atoms with Gasteiger partial charge in [0.1, 0.15) is 6.10 Å². The minimum Gasteiger partial charge on any atom is -0.390 e. The number of thiol groups is 1. The fourth-order valence-electron chi connectivity index (χ4n) is 5.57. The number of benzene rings is 2. The highest BCUT2D eigenvalue weighted by Gasteiger charge is 2.40. The van der Waals surface area contributed by atoms with Crippen LogP contribution in [0.25, 0.3) is 0 Å². The van der Waals surface area contributed by atoms with E-state index in [1.807, 2.05) is 4.90 Å². The lowest BCUT2D eigenvalue weighted by Crippen LogP contribution is -2.47. The van der Waals surface area contributed by atoms with Gasteiger partial charge in [-0.3, -0.25) is 4.79 Å². The van der Waals surface area contributed by atoms with Crippen molar-refractivity contribution in [1.82, 2.24) is 9.80 Å². The third-order valence-electron chi connectivity index (χ3n) is 8.11. The maximum Gasteiger partial charge on any atom is 0.222 e. The Morgan fingerprint density at radius 2 is 1.62 bits per heavy atom. The van der Waals surface area contributed by atoms with Crippen LogP contribution in [0.1, 0.15) is 52.3 Å². The van der Waals surface area contributed by atoms with Crippen LogP contribution in [-0.2, 0) is 17.6 Å². The van der Waals surface area contributed by atoms with Crippen LogP contribution in [0.2, 0.25) is 0 Å². The fraction of sp³-hybridized carbons (Fsp3) is 0.567. The maximum absolute atomic E-state index is 12.4. The largest absolute Gasteiger partial charge is 0.390 e. The second kappa shape index (κ2) is 12.8. The molecule has 204 valence electrons. The third-order valence-corrected chi connectivity index (χ3v) is 10.6. The summed E-state index contributed by atoms with van der Waals surface area (Å²) < 4.78 is 0. The number of carbonyl (C=O) groups is 1. The summed E-state index contributed by atoms with van der Waals surface area (Å²) in [6.07, 6.45) is 3.61. The average molecular weight is 529 g/mol. The van der Waals surface area contributed by atoms with Crippen molar-refractivity contribution in [2.75, 3.05) is 45.2 Å². The van der Waals surface area contributed by atoms with E-state index in [9.17, 15) is 20.1 Å². The number of aryl methyl sites for hydroxylation is 2. The molecule has 0 radical (unpaired) electrons. The minimum atomic E-state index is -1.09. The molecule has 2 aliphatic rings. The standard InChI is InChI=1S/C30H44N2O4S/c1-21-8-13-24(30-29(36)28(35)26(33)20-37(30)3)19-25(21)18-23-11-9-22(10-12-23)6-4-5-7-27(34)32-16-14-31(2)15-17-32/h8-13,19,26,28-30,33,35-37H,4-7,14-18,20H2,1-3H3/t26-,28-,29-,30+/m1/s1. The van der Waals surface area contributed by atoms with E-state index < -0.39 is 29.2 Å². The number of aliphatic hydroxyl groups excluding tert-OH is 3. The first kappa shape index (κ1) is 28.1. The van der Waals surface area contributed by atoms with Crippen LogP contribution in [0.3, 0.4) is 0 Å². The van der Waals surface area contributed by atoms with Crippen LogP contribution in [-0.4, -0.2) is 94.6 Å². The Hall–Kier alpha value is -1.90. The molecule has 5 atom stereocenters. The Balaban J connectivity index is 1.29. The number of hydrogen-bond acceptors (Lipinski definition) is 5. The van der Waals surface area contributed by atoms with E-state index in [1.165, 1.54) is 22.3 Å². The first-order valence-corrected chi connectivity index (χ1v) is 15.6. The smallest absolute Gasteiger partial charge is 0.222 e. The highest BCUT2D eigenvalue weighted by molar-refractivity contribution is 8.16. The predicted molar refractivity (Wildman–Crippen MR) is 153 cm³/mol. The Bertz CT molecular complexity index is 1040. The Labute approximate surface area is 224 Å². The molecule has 0 bridgehead atoms. The SMILES string of the molecule is Cc1ccc([C@H]2[C@H](O)[C@H](O)[C@H](O)C[SH]2C)cc1Cc1ccc(CCCCC(=O)N2CCN(C)CC2)cc1. The van der Waals surface area contributed by atoms with Gasteiger partial charge in [-0.15, -0.1) is 0 Å². The Morgan fingerprint density at radius 3 is 2.32 bits per heavy atom. The molecule has 0 saturated carbocycles. The van der Waals surface area contributed by atoms with Crippen LogP contribution in [0.4, 0.5) is 0 Å². The van der Waals surface area contributed by atoms with Crippen molar-refractivity contribution >= 4 is 16.8 Å². The predicted octanol–water partition coefficient (Wildman–Crippen LogP) is 2.84. The fourth-order valence-corrected chi connectivity index (χ4v) is 7.97. The lowest BCUT2D eigenvalue weighted by atomic mass is 9.93. The number of piperazine rings is 1. The molecule has 0 spiro atoms. The zero-order valence-electron chi connectivity index (χ0n) is 22.5. The topological polar surface area (TPSA) is 84.2 Å². The van der Waals surface area contributed by atoms with Gasteiger partial charge in [0.15, 0.2) is 0 Å². The molecular weight excluding hydrogens is 484 g/mol. The molecule has 2 aromatic rings. The molecule has 2 heterocycles. The van der Waals surface area contributed by atoms with Gasteiger partial charge in [0.2, 0.25) is 5.91 Å². The van der Waals surface area contributed by atoms with Crippen molar-refractivity contribution in [3.05, 3.63) is 70.3 Å². The van der Waals surface area contributed by atoms with Crippen molar-refractivity contribution in [3.63, 3.8) is 0 Å². The van der Waals surface area contributed by atoms with Gasteiger partial charge in [-0.2, -0.15) is 0 Å². The average Bonchev–Trinajstić information content (AvgIpc) is 2.88. The van der Waals surface area contributed by atoms with Crippen LogP contribution in [0.15, 0.2) is 42.5 Å². The molecule has 37 heavy (non-hydrogen) atoms. The molecule has 0 aromatic heterocycles. The van der Waals surface area contributed by atoms with Crippen LogP contribution in [0.5, 0.6) is 0 Å². The molecule has 3 N–H and O–H groups in total. The molecule has 2 fully saturated rings. The van der Waals surface area contributed by atoms with E-state index in [4.69, 9.17) is 0 Å². The lowest BCUT2D eigenvalue weighted by Gasteiger charge is -2.42. The molecule has 4 rings (SSSR count). The van der Waals surface area contributed by atoms with E-state index >= 15 is 0 Å². The second-order valence-electron chi connectivity index (χ2n) is 11.0. The van der Waals surface area contributed by atoms with Gasteiger partial charge in [0.05, 0.1) is 12.2 Å². The highest BCUT2D eigenvalue weighted by atomic mass is 32.2. The molecule has 1 amide bonds. The van der Waals surface area contributed by atoms with Crippen molar-refractivity contribution in [2.24, 2.45) is 0 Å². The lowest BCUT2D eigenvalue weighted by molar-refractivity contribution is -0.132. The number of hydrogen-bond donors (Lipinski definition) is 4. The van der Waals surface area contributed by atoms with E-state index in [-0.39, 0.29) is 5.25 Å². The van der Waals surface area contributed by atoms with Crippen LogP contribution < -0.4 is 0 Å². The van der Waals surface area contributed by atoms with Gasteiger partial charge in [-0.05, 0) is 73.7 Å². The number of rotatable bonds is 8. The molecule has 6 nitrogen and oxygen atoms in total. The number of unbranched alkanes of at least 4 members (excludes halogenated alkanes) is 1. The van der Waals surface area contributed by atoms with E-state index in [0.717, 1.165) is 57.4 Å². The van der Waals surface area contributed by atoms with Gasteiger partial charge in [0.25, 0.3) is 0 Å². The normalized spacial score (nSPS) is 27.8. The van der Waals surface area contributed by atoms with E-state index in [0.29, 0.717) is 18.1 Å². The van der Waals surface area contributed by atoms with Gasteiger partial charge in [-0.25, -0.2) is 10.9 Å². The summed E-state index contributed by atoms with van der Waals surface area (Å²) in [4.78, 5) is 16.7. The first-order valence-electron chi connectivity index (χ1n) is 13.6. The molecule has 0 aliphatic carbocycles. The zero-order valence-corrected chi connectivity index (χ0v) is 23.4. The molecular formula is C30H44N2O4S. The summed E-state index contributed by atoms with van der Waals surface area (Å²) >= 11 is 0. The first-order chi connectivity index (χ1) is 17.7. The second-order valence-corrected chi connectivity index (χ2v) is 13.4. The van der Waals surface area contributed by atoms with Gasteiger partial charge in [0, 0.05) is 43.6 Å². The van der Waals surface area contributed by atoms with Crippen LogP contribution in [0, 0.1) is 6.92 Å². The molecule has 7 heteroatoms.